The van der Waals surface area contributed by atoms with Gasteiger partial charge in [-0.1, -0.05) is 36.4 Å². The third kappa shape index (κ3) is 5.98. The van der Waals surface area contributed by atoms with E-state index in [1.54, 1.807) is 55.5 Å². The van der Waals surface area contributed by atoms with Crippen molar-refractivity contribution in [3.63, 3.8) is 0 Å². The number of aliphatic hydroxyl groups is 1. The summed E-state index contributed by atoms with van der Waals surface area (Å²) in [5, 5.41) is 15.8. The van der Waals surface area contributed by atoms with Crippen molar-refractivity contribution in [2.75, 3.05) is 19.7 Å². The maximum absolute atomic E-state index is 12.1. The summed E-state index contributed by atoms with van der Waals surface area (Å²) >= 11 is 0. The molecular formula is C20H24N2O4. The van der Waals surface area contributed by atoms with Crippen LogP contribution in [0.5, 0.6) is 0 Å². The van der Waals surface area contributed by atoms with E-state index >= 15 is 0 Å². The molecule has 6 nitrogen and oxygen atoms in total. The number of carbonyl (C=O) groups is 2. The van der Waals surface area contributed by atoms with Crippen molar-refractivity contribution in [2.45, 2.75) is 19.1 Å². The molecule has 0 aliphatic heterocycles. The van der Waals surface area contributed by atoms with Crippen LogP contribution < -0.4 is 10.6 Å². The molecule has 0 bridgehead atoms. The molecule has 0 spiro atoms. The van der Waals surface area contributed by atoms with Crippen LogP contribution in [0.1, 0.15) is 27.6 Å². The molecule has 2 amide bonds. The Morgan fingerprint density at radius 2 is 1.35 bits per heavy atom. The van der Waals surface area contributed by atoms with Crippen molar-refractivity contribution in [2.24, 2.45) is 0 Å². The van der Waals surface area contributed by atoms with Gasteiger partial charge in [0, 0.05) is 30.8 Å². The zero-order valence-electron chi connectivity index (χ0n) is 14.7. The van der Waals surface area contributed by atoms with Crippen LogP contribution in [0.3, 0.4) is 0 Å². The van der Waals surface area contributed by atoms with Gasteiger partial charge in [0.25, 0.3) is 11.8 Å². The van der Waals surface area contributed by atoms with Crippen LogP contribution in [-0.4, -0.2) is 48.8 Å². The van der Waals surface area contributed by atoms with Gasteiger partial charge in [-0.05, 0) is 31.2 Å². The average molecular weight is 356 g/mol. The van der Waals surface area contributed by atoms with Crippen molar-refractivity contribution in [1.82, 2.24) is 10.6 Å². The lowest BCUT2D eigenvalue weighted by molar-refractivity contribution is -0.0287. The maximum Gasteiger partial charge on any atom is 0.251 e. The molecule has 0 saturated carbocycles. The zero-order chi connectivity index (χ0) is 18.8. The van der Waals surface area contributed by atoms with Crippen LogP contribution in [0.4, 0.5) is 0 Å². The van der Waals surface area contributed by atoms with E-state index in [0.29, 0.717) is 17.7 Å². The molecule has 0 aliphatic rings. The summed E-state index contributed by atoms with van der Waals surface area (Å²) in [7, 11) is 0. The molecular weight excluding hydrogens is 332 g/mol. The standard InChI is InChI=1S/C20H24N2O4/c1-2-26-18(14-22-20(25)16-11-7-4-8-12-16)17(23)13-21-19(24)15-9-5-3-6-10-15/h3-12,17-18,23H,2,13-14H2,1H3,(H,21,24)(H,22,25)/t17-,18-/m0/s1. The summed E-state index contributed by atoms with van der Waals surface area (Å²) in [5.41, 5.74) is 1.06. The van der Waals surface area contributed by atoms with E-state index in [1.807, 2.05) is 12.1 Å². The third-order valence-corrected chi connectivity index (χ3v) is 3.82. The van der Waals surface area contributed by atoms with Gasteiger partial charge in [-0.3, -0.25) is 9.59 Å². The number of hydrogen-bond acceptors (Lipinski definition) is 4. The van der Waals surface area contributed by atoms with Crippen LogP contribution in [-0.2, 0) is 4.74 Å². The lowest BCUT2D eigenvalue weighted by atomic mass is 10.1. The third-order valence-electron chi connectivity index (χ3n) is 3.82. The van der Waals surface area contributed by atoms with E-state index in [0.717, 1.165) is 0 Å². The Kier molecular flexibility index (Phi) is 7.79. The van der Waals surface area contributed by atoms with E-state index < -0.39 is 12.2 Å². The van der Waals surface area contributed by atoms with Gasteiger partial charge in [0.1, 0.15) is 6.10 Å². The van der Waals surface area contributed by atoms with Gasteiger partial charge in [0.05, 0.1) is 6.10 Å². The number of rotatable bonds is 9. The molecule has 138 valence electrons. The minimum Gasteiger partial charge on any atom is -0.388 e. The fourth-order valence-corrected chi connectivity index (χ4v) is 2.43. The number of carbonyl (C=O) groups excluding carboxylic acids is 2. The first-order chi connectivity index (χ1) is 12.6. The Bertz CT molecular complexity index is 691. The highest BCUT2D eigenvalue weighted by molar-refractivity contribution is 5.94. The summed E-state index contributed by atoms with van der Waals surface area (Å²) in [4.78, 5) is 24.2. The second kappa shape index (κ2) is 10.3. The Morgan fingerprint density at radius 1 is 0.885 bits per heavy atom. The van der Waals surface area contributed by atoms with Crippen molar-refractivity contribution in [1.29, 1.82) is 0 Å². The highest BCUT2D eigenvalue weighted by atomic mass is 16.5. The van der Waals surface area contributed by atoms with Crippen molar-refractivity contribution < 1.29 is 19.4 Å². The van der Waals surface area contributed by atoms with Gasteiger partial charge in [-0.2, -0.15) is 0 Å². The van der Waals surface area contributed by atoms with Crippen molar-refractivity contribution in [3.8, 4) is 0 Å². The molecule has 2 aromatic rings. The molecule has 2 atom stereocenters. The molecule has 0 radical (unpaired) electrons. The van der Waals surface area contributed by atoms with Gasteiger partial charge in [-0.25, -0.2) is 0 Å². The summed E-state index contributed by atoms with van der Waals surface area (Å²) in [5.74, 6) is -0.510. The van der Waals surface area contributed by atoms with Crippen molar-refractivity contribution >= 4 is 11.8 Å². The predicted octanol–water partition coefficient (Wildman–Crippen LogP) is 1.61. The Morgan fingerprint density at radius 3 is 1.81 bits per heavy atom. The molecule has 6 heteroatoms. The van der Waals surface area contributed by atoms with Gasteiger partial charge in [0.2, 0.25) is 0 Å². The first-order valence-corrected chi connectivity index (χ1v) is 8.58. The second-order valence-electron chi connectivity index (χ2n) is 5.71. The van der Waals surface area contributed by atoms with Crippen LogP contribution in [0.2, 0.25) is 0 Å². The highest BCUT2D eigenvalue weighted by Crippen LogP contribution is 2.03. The van der Waals surface area contributed by atoms with Crippen LogP contribution in [0, 0.1) is 0 Å². The van der Waals surface area contributed by atoms with Gasteiger partial charge < -0.3 is 20.5 Å². The van der Waals surface area contributed by atoms with E-state index in [9.17, 15) is 14.7 Å². The monoisotopic (exact) mass is 356 g/mol. The van der Waals surface area contributed by atoms with Crippen LogP contribution in [0.25, 0.3) is 0 Å². The van der Waals surface area contributed by atoms with E-state index in [1.165, 1.54) is 0 Å². The number of amides is 2. The molecule has 0 unspecified atom stereocenters. The SMILES string of the molecule is CCO[C@@H](CNC(=O)c1ccccc1)[C@@H](O)CNC(=O)c1ccccc1. The Hall–Kier alpha value is -2.70. The quantitative estimate of drug-likeness (QED) is 0.637. The number of ether oxygens (including phenoxy) is 1. The first-order valence-electron chi connectivity index (χ1n) is 8.58. The van der Waals surface area contributed by atoms with Crippen LogP contribution >= 0.6 is 0 Å². The molecule has 3 N–H and O–H groups in total. The topological polar surface area (TPSA) is 87.7 Å². The molecule has 0 aromatic heterocycles. The van der Waals surface area contributed by atoms with E-state index in [-0.39, 0.29) is 24.9 Å². The van der Waals surface area contributed by atoms with E-state index in [4.69, 9.17) is 4.74 Å². The fourth-order valence-electron chi connectivity index (χ4n) is 2.43. The molecule has 0 heterocycles. The number of nitrogens with one attached hydrogen (secondary N) is 2. The number of aliphatic hydroxyl groups excluding tert-OH is 1. The maximum atomic E-state index is 12.1. The normalized spacial score (nSPS) is 12.8. The fraction of sp³-hybridized carbons (Fsp3) is 0.300. The molecule has 0 saturated heterocycles. The summed E-state index contributed by atoms with van der Waals surface area (Å²) in [6, 6.07) is 17.6. The Labute approximate surface area is 153 Å². The molecule has 26 heavy (non-hydrogen) atoms. The average Bonchev–Trinajstić information content (AvgIpc) is 2.70. The molecule has 0 fully saturated rings. The van der Waals surface area contributed by atoms with Crippen LogP contribution in [0.15, 0.2) is 60.7 Å². The lowest BCUT2D eigenvalue weighted by Crippen LogP contribution is -2.46. The lowest BCUT2D eigenvalue weighted by Gasteiger charge is -2.23. The minimum atomic E-state index is -0.946. The Balaban J connectivity index is 1.85. The molecule has 2 rings (SSSR count). The predicted molar refractivity (Wildman–Crippen MR) is 99.0 cm³/mol. The van der Waals surface area contributed by atoms with Gasteiger partial charge in [0.15, 0.2) is 0 Å². The largest absolute Gasteiger partial charge is 0.388 e. The smallest absolute Gasteiger partial charge is 0.251 e. The number of benzene rings is 2. The van der Waals surface area contributed by atoms with Crippen molar-refractivity contribution in [3.05, 3.63) is 71.8 Å². The zero-order valence-corrected chi connectivity index (χ0v) is 14.7. The minimum absolute atomic E-state index is 0.0274. The summed E-state index contributed by atoms with van der Waals surface area (Å²) in [6.45, 7) is 2.36. The highest BCUT2D eigenvalue weighted by Gasteiger charge is 2.21. The van der Waals surface area contributed by atoms with Gasteiger partial charge in [-0.15, -0.1) is 0 Å². The summed E-state index contributed by atoms with van der Waals surface area (Å²) < 4.78 is 5.51. The number of hydrogen-bond donors (Lipinski definition) is 3. The van der Waals surface area contributed by atoms with E-state index in [2.05, 4.69) is 10.6 Å². The first kappa shape index (κ1) is 19.6. The molecule has 0 aliphatic carbocycles. The van der Waals surface area contributed by atoms with Gasteiger partial charge >= 0.3 is 0 Å². The summed E-state index contributed by atoms with van der Waals surface area (Å²) in [6.07, 6.45) is -1.57. The second-order valence-corrected chi connectivity index (χ2v) is 5.71. The molecule has 2 aromatic carbocycles.